The SMILES string of the molecule is COc1cccc(CCCN)c1OC(F)F. The lowest BCUT2D eigenvalue weighted by Gasteiger charge is -2.13. The monoisotopic (exact) mass is 231 g/mol. The Hall–Kier alpha value is -1.36. The van der Waals surface area contributed by atoms with Crippen molar-refractivity contribution in [2.75, 3.05) is 13.7 Å². The van der Waals surface area contributed by atoms with Crippen molar-refractivity contribution in [2.24, 2.45) is 5.73 Å². The lowest BCUT2D eigenvalue weighted by molar-refractivity contribution is -0.0518. The highest BCUT2D eigenvalue weighted by Gasteiger charge is 2.14. The minimum atomic E-state index is -2.85. The predicted octanol–water partition coefficient (Wildman–Crippen LogP) is 2.19. The Bertz CT molecular complexity index is 332. The van der Waals surface area contributed by atoms with Crippen molar-refractivity contribution in [2.45, 2.75) is 19.5 Å². The molecule has 0 fully saturated rings. The van der Waals surface area contributed by atoms with Crippen molar-refractivity contribution < 1.29 is 18.3 Å². The minimum Gasteiger partial charge on any atom is -0.493 e. The van der Waals surface area contributed by atoms with E-state index in [0.717, 1.165) is 0 Å². The maximum atomic E-state index is 12.2. The molecule has 16 heavy (non-hydrogen) atoms. The van der Waals surface area contributed by atoms with Crippen LogP contribution in [-0.2, 0) is 6.42 Å². The van der Waals surface area contributed by atoms with Crippen LogP contribution >= 0.6 is 0 Å². The Kier molecular flexibility index (Phi) is 4.98. The summed E-state index contributed by atoms with van der Waals surface area (Å²) >= 11 is 0. The van der Waals surface area contributed by atoms with Gasteiger partial charge in [-0.2, -0.15) is 8.78 Å². The first-order valence-corrected chi connectivity index (χ1v) is 4.99. The van der Waals surface area contributed by atoms with Crippen LogP contribution in [0.1, 0.15) is 12.0 Å². The molecule has 0 bridgehead atoms. The second-order valence-corrected chi connectivity index (χ2v) is 3.22. The van der Waals surface area contributed by atoms with Crippen LogP contribution in [0.2, 0.25) is 0 Å². The van der Waals surface area contributed by atoms with Crippen molar-refractivity contribution >= 4 is 0 Å². The highest BCUT2D eigenvalue weighted by Crippen LogP contribution is 2.33. The molecule has 0 atom stereocenters. The Balaban J connectivity index is 2.95. The molecule has 0 spiro atoms. The molecule has 0 radical (unpaired) electrons. The van der Waals surface area contributed by atoms with Crippen LogP contribution < -0.4 is 15.2 Å². The van der Waals surface area contributed by atoms with E-state index in [2.05, 4.69) is 4.74 Å². The van der Waals surface area contributed by atoms with Gasteiger partial charge in [0.25, 0.3) is 0 Å². The number of alkyl halides is 2. The van der Waals surface area contributed by atoms with Gasteiger partial charge in [0.1, 0.15) is 0 Å². The summed E-state index contributed by atoms with van der Waals surface area (Å²) in [5.41, 5.74) is 6.06. The fourth-order valence-electron chi connectivity index (χ4n) is 1.43. The maximum absolute atomic E-state index is 12.2. The normalized spacial score (nSPS) is 10.6. The number of methoxy groups -OCH3 is 1. The number of ether oxygens (including phenoxy) is 2. The maximum Gasteiger partial charge on any atom is 0.387 e. The topological polar surface area (TPSA) is 44.5 Å². The molecule has 0 unspecified atom stereocenters. The highest BCUT2D eigenvalue weighted by molar-refractivity contribution is 5.46. The summed E-state index contributed by atoms with van der Waals surface area (Å²) in [6, 6.07) is 5.06. The van der Waals surface area contributed by atoms with Crippen LogP contribution in [0, 0.1) is 0 Å². The van der Waals surface area contributed by atoms with Crippen LogP contribution in [0.4, 0.5) is 8.78 Å². The van der Waals surface area contributed by atoms with Crippen molar-refractivity contribution in [3.05, 3.63) is 23.8 Å². The molecule has 5 heteroatoms. The third-order valence-electron chi connectivity index (χ3n) is 2.14. The quantitative estimate of drug-likeness (QED) is 0.816. The molecule has 2 N–H and O–H groups in total. The van der Waals surface area contributed by atoms with E-state index < -0.39 is 6.61 Å². The minimum absolute atomic E-state index is 0.105. The molecule has 90 valence electrons. The van der Waals surface area contributed by atoms with Crippen LogP contribution in [0.15, 0.2) is 18.2 Å². The first-order valence-electron chi connectivity index (χ1n) is 4.99. The van der Waals surface area contributed by atoms with Gasteiger partial charge in [0.2, 0.25) is 0 Å². The van der Waals surface area contributed by atoms with Crippen LogP contribution in [0.3, 0.4) is 0 Å². The highest BCUT2D eigenvalue weighted by atomic mass is 19.3. The number of halogens is 2. The summed E-state index contributed by atoms with van der Waals surface area (Å²) in [5.74, 6) is 0.420. The van der Waals surface area contributed by atoms with E-state index in [1.807, 2.05) is 0 Å². The van der Waals surface area contributed by atoms with E-state index in [-0.39, 0.29) is 5.75 Å². The first-order chi connectivity index (χ1) is 7.69. The Labute approximate surface area is 93.2 Å². The van der Waals surface area contributed by atoms with E-state index in [9.17, 15) is 8.78 Å². The molecule has 0 saturated carbocycles. The number of nitrogens with two attached hydrogens (primary N) is 1. The van der Waals surface area contributed by atoms with E-state index in [1.165, 1.54) is 7.11 Å². The molecule has 3 nitrogen and oxygen atoms in total. The molecular weight excluding hydrogens is 216 g/mol. The van der Waals surface area contributed by atoms with Crippen LogP contribution in [0.5, 0.6) is 11.5 Å². The van der Waals surface area contributed by atoms with E-state index in [1.54, 1.807) is 18.2 Å². The zero-order valence-corrected chi connectivity index (χ0v) is 9.08. The average Bonchev–Trinajstić information content (AvgIpc) is 2.27. The number of benzene rings is 1. The molecule has 0 aliphatic carbocycles. The summed E-state index contributed by atoms with van der Waals surface area (Å²) < 4.78 is 33.9. The third-order valence-corrected chi connectivity index (χ3v) is 2.14. The predicted molar refractivity (Wildman–Crippen MR) is 57.0 cm³/mol. The van der Waals surface area contributed by atoms with E-state index in [4.69, 9.17) is 10.5 Å². The average molecular weight is 231 g/mol. The lowest BCUT2D eigenvalue weighted by atomic mass is 10.1. The summed E-state index contributed by atoms with van der Waals surface area (Å²) in [5, 5.41) is 0. The van der Waals surface area contributed by atoms with Crippen LogP contribution in [-0.4, -0.2) is 20.3 Å². The second-order valence-electron chi connectivity index (χ2n) is 3.22. The number of rotatable bonds is 6. The number of para-hydroxylation sites is 1. The zero-order valence-electron chi connectivity index (χ0n) is 9.08. The van der Waals surface area contributed by atoms with Gasteiger partial charge in [0.05, 0.1) is 7.11 Å². The number of hydrogen-bond acceptors (Lipinski definition) is 3. The van der Waals surface area contributed by atoms with Gasteiger partial charge in [0, 0.05) is 0 Å². The molecular formula is C11H15F2NO2. The number of hydrogen-bond donors (Lipinski definition) is 1. The molecule has 0 aliphatic heterocycles. The Morgan fingerprint density at radius 3 is 2.69 bits per heavy atom. The molecule has 0 saturated heterocycles. The van der Waals surface area contributed by atoms with E-state index >= 15 is 0 Å². The van der Waals surface area contributed by atoms with Gasteiger partial charge in [-0.05, 0) is 31.0 Å². The smallest absolute Gasteiger partial charge is 0.387 e. The molecule has 1 rings (SSSR count). The summed E-state index contributed by atoms with van der Waals surface area (Å²) in [7, 11) is 1.42. The molecule has 0 aliphatic rings. The van der Waals surface area contributed by atoms with Gasteiger partial charge < -0.3 is 15.2 Å². The van der Waals surface area contributed by atoms with Crippen molar-refractivity contribution in [3.63, 3.8) is 0 Å². The lowest BCUT2D eigenvalue weighted by Crippen LogP contribution is -2.07. The van der Waals surface area contributed by atoms with Gasteiger partial charge in [-0.3, -0.25) is 0 Å². The molecule has 0 amide bonds. The van der Waals surface area contributed by atoms with Gasteiger partial charge in [-0.15, -0.1) is 0 Å². The Morgan fingerprint density at radius 2 is 2.12 bits per heavy atom. The fourth-order valence-corrected chi connectivity index (χ4v) is 1.43. The van der Waals surface area contributed by atoms with Gasteiger partial charge in [-0.25, -0.2) is 0 Å². The van der Waals surface area contributed by atoms with Crippen molar-refractivity contribution in [1.82, 2.24) is 0 Å². The van der Waals surface area contributed by atoms with Crippen molar-refractivity contribution in [1.29, 1.82) is 0 Å². The Morgan fingerprint density at radius 1 is 1.38 bits per heavy atom. The summed E-state index contributed by atoms with van der Waals surface area (Å²) in [4.78, 5) is 0. The first kappa shape index (κ1) is 12.7. The molecule has 0 heterocycles. The summed E-state index contributed by atoms with van der Waals surface area (Å²) in [6.07, 6.45) is 1.31. The van der Waals surface area contributed by atoms with Crippen molar-refractivity contribution in [3.8, 4) is 11.5 Å². The largest absolute Gasteiger partial charge is 0.493 e. The fraction of sp³-hybridized carbons (Fsp3) is 0.455. The standard InChI is InChI=1S/C11H15F2NO2/c1-15-9-6-2-4-8(5-3-7-14)10(9)16-11(12)13/h2,4,6,11H,3,5,7,14H2,1H3. The van der Waals surface area contributed by atoms with E-state index in [0.29, 0.717) is 30.7 Å². The summed E-state index contributed by atoms with van der Waals surface area (Å²) in [6.45, 7) is -2.35. The molecule has 0 aromatic heterocycles. The third kappa shape index (κ3) is 3.34. The van der Waals surface area contributed by atoms with Gasteiger partial charge >= 0.3 is 6.61 Å². The molecule has 1 aromatic rings. The van der Waals surface area contributed by atoms with Crippen LogP contribution in [0.25, 0.3) is 0 Å². The van der Waals surface area contributed by atoms with Gasteiger partial charge in [-0.1, -0.05) is 12.1 Å². The number of aryl methyl sites for hydroxylation is 1. The van der Waals surface area contributed by atoms with Gasteiger partial charge in [0.15, 0.2) is 11.5 Å². The second kappa shape index (κ2) is 6.27. The molecule has 1 aromatic carbocycles. The zero-order chi connectivity index (χ0) is 12.0.